The van der Waals surface area contributed by atoms with Gasteiger partial charge in [-0.3, -0.25) is 0 Å². The first kappa shape index (κ1) is 16.3. The Kier molecular flexibility index (Phi) is 4.17. The van der Waals surface area contributed by atoms with Crippen molar-refractivity contribution in [2.24, 2.45) is 0 Å². The van der Waals surface area contributed by atoms with Gasteiger partial charge in [-0.15, -0.1) is 4.80 Å². The second kappa shape index (κ2) is 6.64. The van der Waals surface area contributed by atoms with Crippen molar-refractivity contribution in [1.29, 1.82) is 0 Å². The SMILES string of the molecule is COc1cc(F)nc(N2CCc3nc(-n4nccn4)ncc3C2OC)c1. The lowest BCUT2D eigenvalue weighted by Crippen LogP contribution is -2.38. The van der Waals surface area contributed by atoms with Crippen molar-refractivity contribution in [2.45, 2.75) is 12.6 Å². The maximum absolute atomic E-state index is 13.8. The van der Waals surface area contributed by atoms with Crippen LogP contribution in [0.4, 0.5) is 10.2 Å². The predicted molar refractivity (Wildman–Crippen MR) is 88.5 cm³/mol. The number of aromatic nitrogens is 6. The first-order valence-corrected chi connectivity index (χ1v) is 7.93. The molecule has 0 saturated carbocycles. The van der Waals surface area contributed by atoms with Crippen LogP contribution in [0.2, 0.25) is 0 Å². The average molecular weight is 357 g/mol. The van der Waals surface area contributed by atoms with Gasteiger partial charge < -0.3 is 14.4 Å². The Morgan fingerprint density at radius 3 is 2.69 bits per heavy atom. The van der Waals surface area contributed by atoms with E-state index < -0.39 is 12.2 Å². The van der Waals surface area contributed by atoms with Gasteiger partial charge in [-0.05, 0) is 0 Å². The maximum Gasteiger partial charge on any atom is 0.268 e. The van der Waals surface area contributed by atoms with Crippen molar-refractivity contribution in [3.05, 3.63) is 47.9 Å². The van der Waals surface area contributed by atoms with Crippen molar-refractivity contribution in [1.82, 2.24) is 29.9 Å². The second-order valence-corrected chi connectivity index (χ2v) is 5.61. The van der Waals surface area contributed by atoms with Crippen LogP contribution in [-0.4, -0.2) is 50.7 Å². The largest absolute Gasteiger partial charge is 0.496 e. The van der Waals surface area contributed by atoms with Gasteiger partial charge in [-0.2, -0.15) is 14.6 Å². The molecule has 1 atom stereocenters. The molecule has 0 bridgehead atoms. The highest BCUT2D eigenvalue weighted by Crippen LogP contribution is 2.33. The number of rotatable bonds is 4. The molecule has 3 aromatic rings. The van der Waals surface area contributed by atoms with Gasteiger partial charge in [-0.1, -0.05) is 0 Å². The number of pyridine rings is 1. The molecular weight excluding hydrogens is 341 g/mol. The predicted octanol–water partition coefficient (Wildman–Crippen LogP) is 1.31. The number of methoxy groups -OCH3 is 2. The summed E-state index contributed by atoms with van der Waals surface area (Å²) in [4.78, 5) is 16.0. The molecule has 1 aliphatic heterocycles. The molecule has 0 amide bonds. The van der Waals surface area contributed by atoms with Gasteiger partial charge in [-0.25, -0.2) is 15.0 Å². The molecule has 134 valence electrons. The van der Waals surface area contributed by atoms with Crippen LogP contribution in [0.15, 0.2) is 30.7 Å². The summed E-state index contributed by atoms with van der Waals surface area (Å²) in [5, 5.41) is 8.08. The van der Waals surface area contributed by atoms with E-state index in [9.17, 15) is 4.39 Å². The van der Waals surface area contributed by atoms with Crippen LogP contribution < -0.4 is 9.64 Å². The minimum absolute atomic E-state index is 0.391. The molecule has 9 nitrogen and oxygen atoms in total. The standard InChI is InChI=1S/C16H16FN7O2/c1-25-10-7-13(17)22-14(8-10)23-6-3-12-11(15(23)26-2)9-18-16(21-12)24-19-4-5-20-24/h4-5,7-9,15H,3,6H2,1-2H3. The van der Waals surface area contributed by atoms with Crippen LogP contribution in [0.1, 0.15) is 17.5 Å². The summed E-state index contributed by atoms with van der Waals surface area (Å²) in [6.07, 6.45) is 4.93. The lowest BCUT2D eigenvalue weighted by Gasteiger charge is -2.36. The van der Waals surface area contributed by atoms with Gasteiger partial charge in [0, 0.05) is 44.0 Å². The Balaban J connectivity index is 1.71. The van der Waals surface area contributed by atoms with Crippen molar-refractivity contribution < 1.29 is 13.9 Å². The van der Waals surface area contributed by atoms with Crippen molar-refractivity contribution in [2.75, 3.05) is 25.7 Å². The quantitative estimate of drug-likeness (QED) is 0.646. The van der Waals surface area contributed by atoms with Crippen LogP contribution in [0.5, 0.6) is 5.75 Å². The fraction of sp³-hybridized carbons (Fsp3) is 0.312. The van der Waals surface area contributed by atoms with Crippen LogP contribution in [-0.2, 0) is 11.2 Å². The van der Waals surface area contributed by atoms with E-state index in [1.54, 1.807) is 31.8 Å². The number of hydrogen-bond donors (Lipinski definition) is 0. The third kappa shape index (κ3) is 2.84. The first-order valence-electron chi connectivity index (χ1n) is 7.93. The van der Waals surface area contributed by atoms with Crippen LogP contribution in [0.3, 0.4) is 0 Å². The van der Waals surface area contributed by atoms with E-state index in [0.29, 0.717) is 30.5 Å². The number of nitrogens with zero attached hydrogens (tertiary/aromatic N) is 7. The summed E-state index contributed by atoms with van der Waals surface area (Å²) in [5.41, 5.74) is 1.62. The van der Waals surface area contributed by atoms with Gasteiger partial charge in [0.05, 0.1) is 25.2 Å². The van der Waals surface area contributed by atoms with E-state index in [-0.39, 0.29) is 0 Å². The molecule has 0 spiro atoms. The van der Waals surface area contributed by atoms with Gasteiger partial charge in [0.25, 0.3) is 5.95 Å². The molecular formula is C16H16FN7O2. The normalized spacial score (nSPS) is 16.4. The maximum atomic E-state index is 13.8. The lowest BCUT2D eigenvalue weighted by molar-refractivity contribution is 0.0924. The summed E-state index contributed by atoms with van der Waals surface area (Å²) < 4.78 is 24.6. The fourth-order valence-electron chi connectivity index (χ4n) is 2.96. The van der Waals surface area contributed by atoms with Crippen LogP contribution in [0, 0.1) is 5.95 Å². The Morgan fingerprint density at radius 1 is 1.15 bits per heavy atom. The molecule has 0 radical (unpaired) electrons. The highest BCUT2D eigenvalue weighted by atomic mass is 19.1. The summed E-state index contributed by atoms with van der Waals surface area (Å²) in [7, 11) is 3.06. The van der Waals surface area contributed by atoms with Gasteiger partial charge in [0.2, 0.25) is 5.95 Å². The zero-order valence-corrected chi connectivity index (χ0v) is 14.2. The zero-order valence-electron chi connectivity index (χ0n) is 14.2. The van der Waals surface area contributed by atoms with E-state index in [1.807, 2.05) is 4.90 Å². The monoisotopic (exact) mass is 357 g/mol. The molecule has 3 aromatic heterocycles. The highest BCUT2D eigenvalue weighted by molar-refractivity contribution is 5.48. The van der Waals surface area contributed by atoms with E-state index in [4.69, 9.17) is 9.47 Å². The molecule has 0 aromatic carbocycles. The Bertz CT molecular complexity index is 919. The molecule has 4 heterocycles. The molecule has 0 aliphatic carbocycles. The number of halogens is 1. The van der Waals surface area contributed by atoms with Crippen molar-refractivity contribution >= 4 is 5.82 Å². The lowest BCUT2D eigenvalue weighted by atomic mass is 10.1. The van der Waals surface area contributed by atoms with E-state index in [2.05, 4.69) is 25.1 Å². The number of anilines is 1. The third-order valence-electron chi connectivity index (χ3n) is 4.13. The van der Waals surface area contributed by atoms with Crippen molar-refractivity contribution in [3.8, 4) is 11.7 Å². The minimum Gasteiger partial charge on any atom is -0.496 e. The topological polar surface area (TPSA) is 91.1 Å². The summed E-state index contributed by atoms with van der Waals surface area (Å²) >= 11 is 0. The number of fused-ring (bicyclic) bond motifs is 1. The third-order valence-corrected chi connectivity index (χ3v) is 4.13. The minimum atomic E-state index is -0.614. The van der Waals surface area contributed by atoms with Gasteiger partial charge in [0.1, 0.15) is 11.6 Å². The summed E-state index contributed by atoms with van der Waals surface area (Å²) in [5.74, 6) is 0.598. The van der Waals surface area contributed by atoms with E-state index in [1.165, 1.54) is 18.0 Å². The summed E-state index contributed by atoms with van der Waals surface area (Å²) in [6, 6.07) is 2.90. The average Bonchev–Trinajstić information content (AvgIpc) is 3.20. The molecule has 4 rings (SSSR count). The van der Waals surface area contributed by atoms with Crippen LogP contribution >= 0.6 is 0 Å². The van der Waals surface area contributed by atoms with Gasteiger partial charge in [0.15, 0.2) is 6.23 Å². The van der Waals surface area contributed by atoms with Crippen molar-refractivity contribution in [3.63, 3.8) is 0 Å². The Morgan fingerprint density at radius 2 is 1.96 bits per heavy atom. The zero-order chi connectivity index (χ0) is 18.1. The Hall–Kier alpha value is -3.14. The van der Waals surface area contributed by atoms with E-state index in [0.717, 1.165) is 11.3 Å². The molecule has 1 aliphatic rings. The molecule has 10 heteroatoms. The van der Waals surface area contributed by atoms with E-state index >= 15 is 0 Å². The fourth-order valence-corrected chi connectivity index (χ4v) is 2.96. The highest BCUT2D eigenvalue weighted by Gasteiger charge is 2.31. The van der Waals surface area contributed by atoms with Crippen LogP contribution in [0.25, 0.3) is 5.95 Å². The second-order valence-electron chi connectivity index (χ2n) is 5.61. The number of ether oxygens (including phenoxy) is 2. The molecule has 0 saturated heterocycles. The summed E-state index contributed by atoms with van der Waals surface area (Å²) in [6.45, 7) is 0.550. The Labute approximate surface area is 148 Å². The first-order chi connectivity index (χ1) is 12.7. The molecule has 26 heavy (non-hydrogen) atoms. The molecule has 0 N–H and O–H groups in total. The number of hydrogen-bond acceptors (Lipinski definition) is 8. The molecule has 1 unspecified atom stereocenters. The van der Waals surface area contributed by atoms with Gasteiger partial charge >= 0.3 is 0 Å². The smallest absolute Gasteiger partial charge is 0.268 e. The molecule has 0 fully saturated rings.